The second-order valence-corrected chi connectivity index (χ2v) is 18.5. The predicted octanol–water partition coefficient (Wildman–Crippen LogP) is 17.5. The fourth-order valence-corrected chi connectivity index (χ4v) is 11.0. The van der Waals surface area contributed by atoms with Crippen LogP contribution in [0.3, 0.4) is 0 Å². The normalized spacial score (nSPS) is 11.4. The van der Waals surface area contributed by atoms with Gasteiger partial charge in [0.25, 0.3) is 0 Å². The van der Waals surface area contributed by atoms with Gasteiger partial charge in [-0.1, -0.05) is 242 Å². The van der Waals surface area contributed by atoms with Crippen molar-refractivity contribution in [3.05, 3.63) is 255 Å². The van der Waals surface area contributed by atoms with Crippen LogP contribution >= 0.6 is 11.3 Å². The Bertz CT molecular complexity index is 3750. The largest absolute Gasteiger partial charge is 0.285 e. The van der Waals surface area contributed by atoms with Crippen LogP contribution in [-0.2, 0) is 0 Å². The van der Waals surface area contributed by atoms with Gasteiger partial charge in [-0.05, 0) is 46.5 Å². The number of para-hydroxylation sites is 2. The highest BCUT2D eigenvalue weighted by Gasteiger charge is 2.21. The Balaban J connectivity index is 0.934. The van der Waals surface area contributed by atoms with Gasteiger partial charge in [-0.3, -0.25) is 4.57 Å². The lowest BCUT2D eigenvalue weighted by Crippen LogP contribution is -1.93. The smallest absolute Gasteiger partial charge is 0.195 e. The first kappa shape index (κ1) is 41.2. The monoisotopic (exact) mass is 910 g/mol. The number of aromatic nitrogens is 4. The lowest BCUT2D eigenvalue weighted by Gasteiger charge is -2.14. The van der Waals surface area contributed by atoms with E-state index in [0.29, 0.717) is 0 Å². The Morgan fingerprint density at radius 3 is 1.09 bits per heavy atom. The van der Waals surface area contributed by atoms with E-state index in [-0.39, 0.29) is 0 Å². The Hall–Kier alpha value is -9.03. The average Bonchev–Trinajstić information content (AvgIpc) is 4.04. The molecule has 13 rings (SSSR count). The maximum atomic E-state index is 5.60. The van der Waals surface area contributed by atoms with Gasteiger partial charge in [0.15, 0.2) is 5.13 Å². The third-order valence-electron chi connectivity index (χ3n) is 13.3. The molecule has 0 amide bonds. The van der Waals surface area contributed by atoms with Crippen LogP contribution in [0.25, 0.3) is 127 Å². The van der Waals surface area contributed by atoms with E-state index in [1.807, 2.05) is 12.1 Å². The summed E-state index contributed by atoms with van der Waals surface area (Å²) in [6.07, 6.45) is 0. The molecule has 328 valence electrons. The number of hydrogen-bond donors (Lipinski definition) is 0. The Kier molecular flexibility index (Phi) is 10.3. The van der Waals surface area contributed by atoms with Crippen molar-refractivity contribution >= 4 is 43.4 Å². The molecule has 0 saturated carbocycles. The fraction of sp³-hybridized carbons (Fsp3) is 0. The first-order valence-corrected chi connectivity index (χ1v) is 24.4. The summed E-state index contributed by atoms with van der Waals surface area (Å²) in [6.45, 7) is 0. The quantitative estimate of drug-likeness (QED) is 0.145. The Morgan fingerprint density at radius 2 is 0.629 bits per heavy atom. The molecule has 0 saturated heterocycles. The van der Waals surface area contributed by atoms with Crippen molar-refractivity contribution in [2.24, 2.45) is 0 Å². The minimum Gasteiger partial charge on any atom is -0.285 e. The maximum Gasteiger partial charge on any atom is 0.195 e. The number of nitrogens with zero attached hydrogens (tertiary/aromatic N) is 4. The van der Waals surface area contributed by atoms with Crippen LogP contribution in [0.4, 0.5) is 0 Å². The minimum atomic E-state index is 0.934. The SMILES string of the molecule is c1ccc(-c2ccc(-c3ccc(-c4ccc(-c5ccc(-c6ccc(-c7ccccc7)nc6-c6ccccc6)cc5)c5sc(-n6c7ccccc7c7ccccc76)nc45)cc3)c(-c3ccccc3)n2)cc1. The van der Waals surface area contributed by atoms with Gasteiger partial charge < -0.3 is 0 Å². The molecule has 0 unspecified atom stereocenters. The van der Waals surface area contributed by atoms with Gasteiger partial charge in [0.05, 0.1) is 44.0 Å². The Morgan fingerprint density at radius 1 is 0.271 bits per heavy atom. The summed E-state index contributed by atoms with van der Waals surface area (Å²) in [6, 6.07) is 90.2. The zero-order valence-corrected chi connectivity index (χ0v) is 38.8. The third-order valence-corrected chi connectivity index (χ3v) is 14.4. The van der Waals surface area contributed by atoms with Crippen LogP contribution in [0.5, 0.6) is 0 Å². The van der Waals surface area contributed by atoms with Crippen LogP contribution in [0.2, 0.25) is 0 Å². The average molecular weight is 911 g/mol. The molecule has 0 bridgehead atoms. The highest BCUT2D eigenvalue weighted by atomic mass is 32.1. The molecule has 5 heteroatoms. The highest BCUT2D eigenvalue weighted by Crippen LogP contribution is 2.44. The molecule has 4 nitrogen and oxygen atoms in total. The summed E-state index contributed by atoms with van der Waals surface area (Å²) in [5.74, 6) is 0. The zero-order valence-electron chi connectivity index (χ0n) is 37.9. The summed E-state index contributed by atoms with van der Waals surface area (Å²) >= 11 is 1.75. The molecule has 13 aromatic rings. The first-order chi connectivity index (χ1) is 34.7. The standard InChI is InChI=1S/C65H42N4S/c1-5-17-47(18-6-1)57-41-39-51(61(66-57)49-21-9-3-10-22-49)43-29-31-45(32-30-43)53-37-38-54(64-63(53)68-65(70-64)69-59-27-15-13-25-55(59)56-26-14-16-28-60(56)69)46-35-33-44(34-36-46)52-40-42-58(48-19-7-2-8-20-48)67-62(52)50-23-11-4-12-24-50/h1-42H. The first-order valence-electron chi connectivity index (χ1n) is 23.6. The minimum absolute atomic E-state index is 0.934. The van der Waals surface area contributed by atoms with Gasteiger partial charge in [-0.25, -0.2) is 15.0 Å². The van der Waals surface area contributed by atoms with Gasteiger partial charge in [-0.2, -0.15) is 0 Å². The van der Waals surface area contributed by atoms with E-state index in [1.54, 1.807) is 11.3 Å². The number of fused-ring (bicyclic) bond motifs is 4. The molecule has 9 aromatic carbocycles. The van der Waals surface area contributed by atoms with Gasteiger partial charge in [0.2, 0.25) is 0 Å². The van der Waals surface area contributed by atoms with Gasteiger partial charge in [0.1, 0.15) is 0 Å². The zero-order chi connectivity index (χ0) is 46.4. The second kappa shape index (κ2) is 17.6. The Labute approximate surface area is 410 Å². The van der Waals surface area contributed by atoms with E-state index in [4.69, 9.17) is 15.0 Å². The van der Waals surface area contributed by atoms with Crippen molar-refractivity contribution in [3.8, 4) is 94.7 Å². The maximum absolute atomic E-state index is 5.60. The molecule has 0 radical (unpaired) electrons. The molecule has 0 N–H and O–H groups in total. The molecule has 0 atom stereocenters. The molecular weight excluding hydrogens is 869 g/mol. The number of hydrogen-bond acceptors (Lipinski definition) is 4. The topological polar surface area (TPSA) is 43.6 Å². The van der Waals surface area contributed by atoms with Crippen molar-refractivity contribution in [3.63, 3.8) is 0 Å². The third kappa shape index (κ3) is 7.37. The molecule has 0 aliphatic rings. The predicted molar refractivity (Wildman–Crippen MR) is 293 cm³/mol. The second-order valence-electron chi connectivity index (χ2n) is 17.5. The summed E-state index contributed by atoms with van der Waals surface area (Å²) in [5.41, 5.74) is 20.3. The number of thiazole rings is 1. The summed E-state index contributed by atoms with van der Waals surface area (Å²) in [7, 11) is 0. The van der Waals surface area contributed by atoms with Crippen LogP contribution in [-0.4, -0.2) is 19.5 Å². The number of rotatable bonds is 9. The van der Waals surface area contributed by atoms with Crippen molar-refractivity contribution in [2.75, 3.05) is 0 Å². The van der Waals surface area contributed by atoms with Gasteiger partial charge in [0, 0.05) is 55.3 Å². The molecule has 0 fully saturated rings. The molecule has 70 heavy (non-hydrogen) atoms. The van der Waals surface area contributed by atoms with E-state index in [0.717, 1.165) is 116 Å². The van der Waals surface area contributed by atoms with E-state index in [2.05, 4.69) is 247 Å². The molecule has 4 heterocycles. The van der Waals surface area contributed by atoms with E-state index < -0.39 is 0 Å². The highest BCUT2D eigenvalue weighted by molar-refractivity contribution is 7.21. The summed E-state index contributed by atoms with van der Waals surface area (Å²) < 4.78 is 3.47. The number of pyridine rings is 2. The molecular formula is C65H42N4S. The molecule has 0 aliphatic carbocycles. The van der Waals surface area contributed by atoms with Crippen LogP contribution in [0.15, 0.2) is 255 Å². The van der Waals surface area contributed by atoms with Crippen LogP contribution < -0.4 is 0 Å². The van der Waals surface area contributed by atoms with E-state index in [1.165, 1.54) is 10.8 Å². The lowest BCUT2D eigenvalue weighted by atomic mass is 9.94. The summed E-state index contributed by atoms with van der Waals surface area (Å²) in [4.78, 5) is 16.1. The molecule has 0 spiro atoms. The fourth-order valence-electron chi connectivity index (χ4n) is 9.89. The lowest BCUT2D eigenvalue weighted by molar-refractivity contribution is 1.15. The van der Waals surface area contributed by atoms with Crippen molar-refractivity contribution in [1.29, 1.82) is 0 Å². The molecule has 0 aliphatic heterocycles. The van der Waals surface area contributed by atoms with Crippen LogP contribution in [0.1, 0.15) is 0 Å². The van der Waals surface area contributed by atoms with Gasteiger partial charge >= 0.3 is 0 Å². The van der Waals surface area contributed by atoms with Crippen molar-refractivity contribution in [2.45, 2.75) is 0 Å². The number of benzene rings is 9. The van der Waals surface area contributed by atoms with Crippen LogP contribution in [0, 0.1) is 0 Å². The van der Waals surface area contributed by atoms with Crippen molar-refractivity contribution < 1.29 is 0 Å². The van der Waals surface area contributed by atoms with E-state index >= 15 is 0 Å². The van der Waals surface area contributed by atoms with E-state index in [9.17, 15) is 0 Å². The van der Waals surface area contributed by atoms with Crippen molar-refractivity contribution in [1.82, 2.24) is 19.5 Å². The molecule has 4 aromatic heterocycles. The van der Waals surface area contributed by atoms with Gasteiger partial charge in [-0.15, -0.1) is 0 Å². The summed E-state index contributed by atoms with van der Waals surface area (Å²) in [5, 5.41) is 3.36.